The van der Waals surface area contributed by atoms with Crippen LogP contribution in [0, 0.1) is 0 Å². The Kier molecular flexibility index (Phi) is 7.69. The van der Waals surface area contributed by atoms with Crippen molar-refractivity contribution in [3.8, 4) is 11.5 Å². The average molecular weight is 517 g/mol. The van der Waals surface area contributed by atoms with Crippen LogP contribution in [0.2, 0.25) is 0 Å². The van der Waals surface area contributed by atoms with E-state index in [0.29, 0.717) is 46.4 Å². The molecule has 0 spiro atoms. The van der Waals surface area contributed by atoms with Crippen molar-refractivity contribution in [3.05, 3.63) is 57.6 Å². The van der Waals surface area contributed by atoms with Crippen LogP contribution in [0.5, 0.6) is 11.5 Å². The lowest BCUT2D eigenvalue weighted by Gasteiger charge is -2.29. The fourth-order valence-corrected chi connectivity index (χ4v) is 4.02. The number of hydrogen-bond acceptors (Lipinski definition) is 5. The van der Waals surface area contributed by atoms with Gasteiger partial charge in [0.25, 0.3) is 11.8 Å². The van der Waals surface area contributed by atoms with Crippen molar-refractivity contribution < 1.29 is 19.1 Å². The van der Waals surface area contributed by atoms with Crippen LogP contribution in [0.15, 0.2) is 46.4 Å². The highest BCUT2D eigenvalue weighted by Gasteiger charge is 2.34. The van der Waals surface area contributed by atoms with E-state index in [0.717, 1.165) is 5.56 Å². The summed E-state index contributed by atoms with van der Waals surface area (Å²) in [6.45, 7) is 8.85. The minimum Gasteiger partial charge on any atom is -0.493 e. The molecule has 8 heteroatoms. The van der Waals surface area contributed by atoms with Crippen molar-refractivity contribution in [2.24, 2.45) is 0 Å². The number of carbonyl (C=O) groups excluding carboxylic acids is 2. The summed E-state index contributed by atoms with van der Waals surface area (Å²) in [4.78, 5) is 27.3. The van der Waals surface area contributed by atoms with E-state index in [1.165, 1.54) is 11.0 Å². The summed E-state index contributed by atoms with van der Waals surface area (Å²) in [6.07, 6.45) is 1.51. The van der Waals surface area contributed by atoms with Gasteiger partial charge in [-0.3, -0.25) is 19.8 Å². The summed E-state index contributed by atoms with van der Waals surface area (Å²) in [5.74, 6) is 0.433. The number of anilines is 1. The molecule has 0 bridgehead atoms. The highest BCUT2D eigenvalue weighted by Crippen LogP contribution is 2.35. The van der Waals surface area contributed by atoms with Crippen LogP contribution in [-0.4, -0.2) is 30.1 Å². The summed E-state index contributed by atoms with van der Waals surface area (Å²) < 4.78 is 12.0. The minimum absolute atomic E-state index is 0.0384. The number of nitrogens with one attached hydrogen (secondary N) is 1. The molecule has 0 unspecified atom stereocenters. The van der Waals surface area contributed by atoms with Gasteiger partial charge in [-0.15, -0.1) is 0 Å². The summed E-state index contributed by atoms with van der Waals surface area (Å²) in [5, 5.41) is 2.66. The van der Waals surface area contributed by atoms with E-state index in [2.05, 4.69) is 35.1 Å². The maximum atomic E-state index is 13.3. The molecule has 6 nitrogen and oxygen atoms in total. The lowest BCUT2D eigenvalue weighted by Crippen LogP contribution is -2.54. The molecule has 2 aromatic carbocycles. The van der Waals surface area contributed by atoms with Crippen molar-refractivity contribution >= 4 is 56.8 Å². The Labute approximate surface area is 201 Å². The molecule has 0 aromatic heterocycles. The third-order valence-electron chi connectivity index (χ3n) is 4.88. The highest BCUT2D eigenvalue weighted by atomic mass is 79.9. The summed E-state index contributed by atoms with van der Waals surface area (Å²) in [5.41, 5.74) is 2.27. The molecule has 1 aliphatic rings. The predicted molar refractivity (Wildman–Crippen MR) is 133 cm³/mol. The van der Waals surface area contributed by atoms with Gasteiger partial charge in [0.2, 0.25) is 0 Å². The Balaban J connectivity index is 2.03. The maximum Gasteiger partial charge on any atom is 0.270 e. The van der Waals surface area contributed by atoms with E-state index in [-0.39, 0.29) is 10.7 Å². The number of carbonyl (C=O) groups is 2. The van der Waals surface area contributed by atoms with Gasteiger partial charge >= 0.3 is 0 Å². The normalized spacial score (nSPS) is 15.4. The fraction of sp³-hybridized carbons (Fsp3) is 0.292. The van der Waals surface area contributed by atoms with Crippen LogP contribution >= 0.6 is 28.1 Å². The van der Waals surface area contributed by atoms with Crippen molar-refractivity contribution in [2.75, 3.05) is 18.1 Å². The second kappa shape index (κ2) is 10.3. The van der Waals surface area contributed by atoms with Crippen molar-refractivity contribution in [2.45, 2.75) is 33.6 Å². The summed E-state index contributed by atoms with van der Waals surface area (Å²) >= 11 is 8.78. The van der Waals surface area contributed by atoms with Crippen molar-refractivity contribution in [3.63, 3.8) is 0 Å². The van der Waals surface area contributed by atoms with Gasteiger partial charge in [0.1, 0.15) is 17.1 Å². The molecule has 1 fully saturated rings. The van der Waals surface area contributed by atoms with Crippen molar-refractivity contribution in [1.82, 2.24) is 5.32 Å². The summed E-state index contributed by atoms with van der Waals surface area (Å²) in [6, 6.07) is 11.1. The van der Waals surface area contributed by atoms with Crippen LogP contribution in [0.3, 0.4) is 0 Å². The number of hydrogen-bond donors (Lipinski definition) is 1. The molecule has 1 saturated heterocycles. The number of halogens is 1. The van der Waals surface area contributed by atoms with Crippen LogP contribution in [-0.2, 0) is 9.59 Å². The van der Waals surface area contributed by atoms with Crippen molar-refractivity contribution in [1.29, 1.82) is 0 Å². The smallest absolute Gasteiger partial charge is 0.270 e. The van der Waals surface area contributed by atoms with Gasteiger partial charge in [-0.05, 0) is 77.8 Å². The molecule has 0 aliphatic carbocycles. The van der Waals surface area contributed by atoms with Gasteiger partial charge < -0.3 is 9.47 Å². The largest absolute Gasteiger partial charge is 0.493 e. The lowest BCUT2D eigenvalue weighted by molar-refractivity contribution is -0.122. The minimum atomic E-state index is -0.553. The Morgan fingerprint density at radius 3 is 2.28 bits per heavy atom. The van der Waals surface area contributed by atoms with Crippen LogP contribution in [0.4, 0.5) is 5.69 Å². The van der Waals surface area contributed by atoms with E-state index in [1.54, 1.807) is 12.1 Å². The number of amides is 2. The number of ether oxygens (including phenoxy) is 2. The first-order chi connectivity index (χ1) is 15.3. The van der Waals surface area contributed by atoms with Gasteiger partial charge in [-0.2, -0.15) is 0 Å². The number of thiocarbonyl (C=S) groups is 1. The molecule has 1 N–H and O–H groups in total. The molecule has 2 amide bonds. The molecular formula is C24H25BrN2O4S. The van der Waals surface area contributed by atoms with Gasteiger partial charge in [-0.1, -0.05) is 26.0 Å². The van der Waals surface area contributed by atoms with Crippen LogP contribution < -0.4 is 19.7 Å². The van der Waals surface area contributed by atoms with Crippen LogP contribution in [0.25, 0.3) is 6.08 Å². The summed E-state index contributed by atoms with van der Waals surface area (Å²) in [7, 11) is 0. The second-order valence-corrected chi connectivity index (χ2v) is 8.63. The van der Waals surface area contributed by atoms with E-state index in [4.69, 9.17) is 21.7 Å². The van der Waals surface area contributed by atoms with E-state index >= 15 is 0 Å². The van der Waals surface area contributed by atoms with Gasteiger partial charge in [0.05, 0.1) is 23.4 Å². The molecule has 168 valence electrons. The zero-order valence-electron chi connectivity index (χ0n) is 18.4. The molecule has 2 aromatic rings. The molecule has 3 rings (SSSR count). The van der Waals surface area contributed by atoms with Gasteiger partial charge in [0.15, 0.2) is 5.11 Å². The highest BCUT2D eigenvalue weighted by molar-refractivity contribution is 9.10. The second-order valence-electron chi connectivity index (χ2n) is 7.39. The quantitative estimate of drug-likeness (QED) is 0.311. The van der Waals surface area contributed by atoms with E-state index in [9.17, 15) is 9.59 Å². The number of rotatable bonds is 7. The third-order valence-corrected chi connectivity index (χ3v) is 5.79. The molecule has 0 radical (unpaired) electrons. The van der Waals surface area contributed by atoms with E-state index < -0.39 is 11.8 Å². The Morgan fingerprint density at radius 2 is 1.69 bits per heavy atom. The SMILES string of the molecule is CCOc1cc(OCC)c(/C=C2\C(=O)NC(=S)N(c3ccc(C(C)C)cc3)C2=O)cc1Br. The van der Waals surface area contributed by atoms with E-state index in [1.807, 2.05) is 38.1 Å². The monoisotopic (exact) mass is 516 g/mol. The predicted octanol–water partition coefficient (Wildman–Crippen LogP) is 5.20. The zero-order valence-corrected chi connectivity index (χ0v) is 20.8. The van der Waals surface area contributed by atoms with Crippen LogP contribution in [0.1, 0.15) is 44.7 Å². The van der Waals surface area contributed by atoms with Gasteiger partial charge in [-0.25, -0.2) is 0 Å². The molecule has 0 saturated carbocycles. The Morgan fingerprint density at radius 1 is 1.06 bits per heavy atom. The topological polar surface area (TPSA) is 67.9 Å². The Bertz CT molecular complexity index is 1080. The first-order valence-electron chi connectivity index (χ1n) is 10.4. The van der Waals surface area contributed by atoms with Gasteiger partial charge in [0, 0.05) is 11.6 Å². The molecule has 1 aliphatic heterocycles. The zero-order chi connectivity index (χ0) is 23.4. The Hall–Kier alpha value is -2.71. The fourth-order valence-electron chi connectivity index (χ4n) is 3.27. The lowest BCUT2D eigenvalue weighted by atomic mass is 10.0. The average Bonchev–Trinajstić information content (AvgIpc) is 2.74. The molecule has 32 heavy (non-hydrogen) atoms. The maximum absolute atomic E-state index is 13.3. The molecule has 0 atom stereocenters. The number of benzene rings is 2. The molecular weight excluding hydrogens is 492 g/mol. The first-order valence-corrected chi connectivity index (χ1v) is 11.6. The number of nitrogens with zero attached hydrogens (tertiary/aromatic N) is 1. The third kappa shape index (κ3) is 5.02. The first kappa shape index (κ1) is 23.9. The molecule has 1 heterocycles. The standard InChI is InChI=1S/C24H25BrN2O4S/c1-5-30-20-13-21(31-6-2)19(25)12-16(20)11-18-22(28)26-24(32)27(23(18)29)17-9-7-15(8-10-17)14(3)4/h7-14H,5-6H2,1-4H3,(H,26,28,32)/b18-11+.